The van der Waals surface area contributed by atoms with Crippen molar-refractivity contribution in [3.8, 4) is 0 Å². The first-order valence-electron chi connectivity index (χ1n) is 8.15. The number of aliphatic hydroxyl groups excluding tert-OH is 1. The normalized spacial score (nSPS) is 31.2. The van der Waals surface area contributed by atoms with E-state index in [1.54, 1.807) is 13.8 Å². The molecular formula is C11H21N2O14P3. The van der Waals surface area contributed by atoms with Gasteiger partial charge in [0.15, 0.2) is 0 Å². The van der Waals surface area contributed by atoms with Gasteiger partial charge in [0, 0.05) is 13.0 Å². The van der Waals surface area contributed by atoms with Gasteiger partial charge in [-0.2, -0.15) is 8.62 Å². The second-order valence-electron chi connectivity index (χ2n) is 7.09. The molecule has 2 unspecified atom stereocenters. The number of hydrogen-bond donors (Lipinski definition) is 6. The smallest absolute Gasteiger partial charge is 0.390 e. The van der Waals surface area contributed by atoms with Gasteiger partial charge in [-0.05, 0) is 13.8 Å². The summed E-state index contributed by atoms with van der Waals surface area (Å²) >= 11 is 0. The number of imide groups is 1. The molecule has 174 valence electrons. The maximum absolute atomic E-state index is 12.0. The van der Waals surface area contributed by atoms with Crippen LogP contribution in [0.4, 0.5) is 4.79 Å². The van der Waals surface area contributed by atoms with E-state index < -0.39 is 65.9 Å². The number of ether oxygens (including phenoxy) is 1. The van der Waals surface area contributed by atoms with Gasteiger partial charge in [-0.3, -0.25) is 19.5 Å². The van der Waals surface area contributed by atoms with Crippen LogP contribution in [0.15, 0.2) is 0 Å². The highest BCUT2D eigenvalue weighted by molar-refractivity contribution is 7.66. The Kier molecular flexibility index (Phi) is 7.37. The summed E-state index contributed by atoms with van der Waals surface area (Å²) in [5.41, 5.74) is -0.938. The Morgan fingerprint density at radius 1 is 1.13 bits per heavy atom. The van der Waals surface area contributed by atoms with E-state index >= 15 is 0 Å². The lowest BCUT2D eigenvalue weighted by Gasteiger charge is -2.39. The van der Waals surface area contributed by atoms with Crippen LogP contribution in [0.2, 0.25) is 0 Å². The number of hydrogen-bond acceptors (Lipinski definition) is 10. The van der Waals surface area contributed by atoms with E-state index in [1.165, 1.54) is 0 Å². The summed E-state index contributed by atoms with van der Waals surface area (Å²) in [7, 11) is -16.6. The van der Waals surface area contributed by atoms with Crippen molar-refractivity contribution in [2.24, 2.45) is 5.41 Å². The van der Waals surface area contributed by atoms with Gasteiger partial charge in [0.05, 0.1) is 18.1 Å². The van der Waals surface area contributed by atoms with Gasteiger partial charge in [0.25, 0.3) is 0 Å². The van der Waals surface area contributed by atoms with E-state index in [0.717, 1.165) is 4.90 Å². The standard InChI is InChI=1S/C11H21N2O14P3/c1-11(2)5-13(10(16)12-9(11)15)8-3-6(14)7(25-8)4-24-29(20,21)27-30(22,23)26-28(17,18)19/h6-8,14H,3-5H2,1-2H3,(H,20,21)(H,22,23)(H,12,15,16)(H2,17,18,19)/t6-,7+,8+/m0/s1. The van der Waals surface area contributed by atoms with Crippen LogP contribution in [0.1, 0.15) is 20.3 Å². The van der Waals surface area contributed by atoms with Crippen LogP contribution in [-0.2, 0) is 36.4 Å². The number of rotatable bonds is 8. The Hall–Kier alpha value is -0.730. The molecule has 2 aliphatic rings. The quantitative estimate of drug-likeness (QED) is 0.229. The third kappa shape index (κ3) is 6.89. The van der Waals surface area contributed by atoms with Gasteiger partial charge in [-0.15, -0.1) is 0 Å². The van der Waals surface area contributed by atoms with Crippen molar-refractivity contribution in [3.05, 3.63) is 0 Å². The minimum atomic E-state index is -5.67. The third-order valence-corrected chi connectivity index (χ3v) is 7.83. The minimum Gasteiger partial charge on any atom is -0.390 e. The zero-order valence-electron chi connectivity index (χ0n) is 15.6. The summed E-state index contributed by atoms with van der Waals surface area (Å²) in [5.74, 6) is -0.494. The van der Waals surface area contributed by atoms with Gasteiger partial charge in [-0.25, -0.2) is 18.5 Å². The van der Waals surface area contributed by atoms with Crippen LogP contribution in [-0.4, -0.2) is 73.1 Å². The van der Waals surface area contributed by atoms with E-state index in [-0.39, 0.29) is 13.0 Å². The number of carbonyl (C=O) groups is 2. The minimum absolute atomic E-state index is 0.0301. The predicted molar refractivity (Wildman–Crippen MR) is 93.1 cm³/mol. The van der Waals surface area contributed by atoms with E-state index in [9.17, 15) is 33.3 Å². The van der Waals surface area contributed by atoms with Crippen LogP contribution in [0.25, 0.3) is 0 Å². The number of nitrogens with one attached hydrogen (secondary N) is 1. The summed E-state index contributed by atoms with van der Waals surface area (Å²) < 4.78 is 50.6. The number of phosphoric acid groups is 3. The molecule has 2 fully saturated rings. The molecule has 2 heterocycles. The molecule has 19 heteroatoms. The molecule has 0 aromatic heterocycles. The molecule has 0 saturated carbocycles. The Balaban J connectivity index is 1.96. The molecule has 6 N–H and O–H groups in total. The molecule has 30 heavy (non-hydrogen) atoms. The van der Waals surface area contributed by atoms with Crippen molar-refractivity contribution in [2.75, 3.05) is 13.2 Å². The maximum Gasteiger partial charge on any atom is 0.490 e. The summed E-state index contributed by atoms with van der Waals surface area (Å²) in [6, 6.07) is -0.759. The van der Waals surface area contributed by atoms with Gasteiger partial charge in [0.1, 0.15) is 12.3 Å². The van der Waals surface area contributed by atoms with Crippen LogP contribution in [0, 0.1) is 5.41 Å². The lowest BCUT2D eigenvalue weighted by atomic mass is 9.90. The van der Waals surface area contributed by atoms with Crippen LogP contribution in [0.5, 0.6) is 0 Å². The van der Waals surface area contributed by atoms with Crippen LogP contribution >= 0.6 is 23.5 Å². The topological polar surface area (TPSA) is 239 Å². The number of carbonyl (C=O) groups excluding carboxylic acids is 2. The Morgan fingerprint density at radius 3 is 2.30 bits per heavy atom. The fourth-order valence-corrected chi connectivity index (χ4v) is 5.70. The summed E-state index contributed by atoms with van der Waals surface area (Å²) in [5, 5.41) is 12.2. The first-order valence-corrected chi connectivity index (χ1v) is 12.7. The molecular weight excluding hydrogens is 477 g/mol. The lowest BCUT2D eigenvalue weighted by molar-refractivity contribution is -0.135. The average molecular weight is 498 g/mol. The molecule has 3 amide bonds. The number of aliphatic hydroxyl groups is 1. The molecule has 16 nitrogen and oxygen atoms in total. The Morgan fingerprint density at radius 2 is 1.73 bits per heavy atom. The highest BCUT2D eigenvalue weighted by Gasteiger charge is 2.47. The molecule has 0 aromatic carbocycles. The largest absolute Gasteiger partial charge is 0.490 e. The maximum atomic E-state index is 12.0. The number of amides is 3. The molecule has 0 bridgehead atoms. The van der Waals surface area contributed by atoms with Crippen molar-refractivity contribution in [3.63, 3.8) is 0 Å². The monoisotopic (exact) mass is 498 g/mol. The second-order valence-corrected chi connectivity index (χ2v) is 11.5. The summed E-state index contributed by atoms with van der Waals surface area (Å²) in [6.07, 6.45) is -3.73. The van der Waals surface area contributed by atoms with E-state index in [1.807, 2.05) is 0 Å². The Labute approximate surface area is 169 Å². The van der Waals surface area contributed by atoms with Crippen molar-refractivity contribution in [1.82, 2.24) is 10.2 Å². The van der Waals surface area contributed by atoms with Gasteiger partial charge in [-0.1, -0.05) is 0 Å². The van der Waals surface area contributed by atoms with E-state index in [2.05, 4.69) is 18.5 Å². The van der Waals surface area contributed by atoms with Crippen molar-refractivity contribution >= 4 is 35.4 Å². The van der Waals surface area contributed by atoms with Gasteiger partial charge in [0.2, 0.25) is 5.91 Å². The molecule has 2 rings (SSSR count). The summed E-state index contributed by atoms with van der Waals surface area (Å²) in [4.78, 5) is 60.4. The van der Waals surface area contributed by atoms with E-state index in [4.69, 9.17) is 19.4 Å². The fraction of sp³-hybridized carbons (Fsp3) is 0.818. The zero-order valence-corrected chi connectivity index (χ0v) is 18.2. The highest BCUT2D eigenvalue weighted by Crippen LogP contribution is 2.66. The van der Waals surface area contributed by atoms with Crippen molar-refractivity contribution < 1.29 is 65.8 Å². The molecule has 0 spiro atoms. The zero-order chi connectivity index (χ0) is 23.1. The molecule has 0 radical (unpaired) electrons. The molecule has 2 saturated heterocycles. The molecule has 0 aromatic rings. The highest BCUT2D eigenvalue weighted by atomic mass is 31.3. The van der Waals surface area contributed by atoms with Crippen LogP contribution < -0.4 is 5.32 Å². The van der Waals surface area contributed by atoms with Crippen molar-refractivity contribution in [1.29, 1.82) is 0 Å². The third-order valence-electron chi connectivity index (χ3n) is 4.03. The molecule has 2 aliphatic heterocycles. The van der Waals surface area contributed by atoms with E-state index in [0.29, 0.717) is 0 Å². The van der Waals surface area contributed by atoms with Gasteiger partial charge >= 0.3 is 29.5 Å². The van der Waals surface area contributed by atoms with Crippen LogP contribution in [0.3, 0.4) is 0 Å². The Bertz CT molecular complexity index is 841. The fourth-order valence-electron chi connectivity index (χ4n) is 2.67. The summed E-state index contributed by atoms with van der Waals surface area (Å²) in [6.45, 7) is 2.27. The van der Waals surface area contributed by atoms with Gasteiger partial charge < -0.3 is 29.4 Å². The average Bonchev–Trinajstić information content (AvgIpc) is 2.86. The predicted octanol–water partition coefficient (Wildman–Crippen LogP) is -0.616. The number of nitrogens with zero attached hydrogens (tertiary/aromatic N) is 1. The number of phosphoric ester groups is 1. The second kappa shape index (κ2) is 8.66. The van der Waals surface area contributed by atoms with Crippen molar-refractivity contribution in [2.45, 2.75) is 38.7 Å². The molecule has 0 aliphatic carbocycles. The SMILES string of the molecule is CC1(C)CN([C@H]2C[C@H](O)[C@@H](COP(=O)(O)OP(=O)(O)OP(=O)(O)O)O2)C(=O)NC1=O. The number of urea groups is 1. The first kappa shape index (κ1) is 25.5. The molecule has 5 atom stereocenters. The lowest BCUT2D eigenvalue weighted by Crippen LogP contribution is -2.61. The first-order chi connectivity index (χ1) is 13.4.